The zero-order chi connectivity index (χ0) is 17.4. The molecule has 14 nitrogen and oxygen atoms in total. The molecule has 0 atom stereocenters. The van der Waals surface area contributed by atoms with Gasteiger partial charge in [-0.1, -0.05) is 0 Å². The Labute approximate surface area is 132 Å². The summed E-state index contributed by atoms with van der Waals surface area (Å²) in [5, 5.41) is 19.6. The molecule has 0 saturated carbocycles. The van der Waals surface area contributed by atoms with Gasteiger partial charge in [-0.05, 0) is 20.9 Å². The van der Waals surface area contributed by atoms with E-state index in [0.717, 1.165) is 34.2 Å². The van der Waals surface area contributed by atoms with Gasteiger partial charge in [0.05, 0.1) is 0 Å². The van der Waals surface area contributed by atoms with Crippen LogP contribution < -0.4 is 0 Å². The number of nitrogens with zero attached hydrogens (tertiary/aromatic N) is 8. The Balaban J connectivity index is 1.70. The summed E-state index contributed by atoms with van der Waals surface area (Å²) >= 11 is 0. The van der Waals surface area contributed by atoms with Crippen LogP contribution in [0.1, 0.15) is 9.59 Å². The van der Waals surface area contributed by atoms with Gasteiger partial charge in [-0.2, -0.15) is 9.36 Å². The average molecular weight is 336 g/mol. The van der Waals surface area contributed by atoms with Crippen molar-refractivity contribution in [2.75, 3.05) is 13.2 Å². The van der Waals surface area contributed by atoms with Crippen molar-refractivity contribution in [3.05, 3.63) is 24.8 Å². The molecule has 0 fully saturated rings. The largest absolute Gasteiger partial charge is 0.452 e. The van der Waals surface area contributed by atoms with E-state index in [-0.39, 0.29) is 0 Å². The minimum Gasteiger partial charge on any atom is -0.452 e. The second-order valence-electron chi connectivity index (χ2n) is 3.85. The molecular formula is C10H8N8O6. The fraction of sp³-hybridized carbons (Fsp3) is 0.200. The Bertz CT molecular complexity index is 688. The molecule has 0 unspecified atom stereocenters. The normalized spacial score (nSPS) is 10.5. The maximum absolute atomic E-state index is 11.4. The summed E-state index contributed by atoms with van der Waals surface area (Å²) in [7, 11) is 0. The zero-order valence-electron chi connectivity index (χ0n) is 11.8. The van der Waals surface area contributed by atoms with E-state index in [9.17, 15) is 19.2 Å². The van der Waals surface area contributed by atoms with Crippen LogP contribution in [0.2, 0.25) is 0 Å². The van der Waals surface area contributed by atoms with Gasteiger partial charge in [0.1, 0.15) is 12.7 Å². The molecule has 0 aliphatic carbocycles. The van der Waals surface area contributed by atoms with E-state index in [1.54, 1.807) is 0 Å². The van der Waals surface area contributed by atoms with Gasteiger partial charge in [0.25, 0.3) is 11.8 Å². The molecule has 0 radical (unpaired) electrons. The van der Waals surface area contributed by atoms with Crippen molar-refractivity contribution in [2.45, 2.75) is 0 Å². The van der Waals surface area contributed by atoms with Crippen LogP contribution in [0.25, 0.3) is 0 Å². The second-order valence-corrected chi connectivity index (χ2v) is 3.85. The van der Waals surface area contributed by atoms with Crippen LogP contribution in [0.3, 0.4) is 0 Å². The number of ether oxygens (including phenoxy) is 2. The van der Waals surface area contributed by atoms with Gasteiger partial charge in [0, 0.05) is 12.2 Å². The molecule has 0 aliphatic rings. The van der Waals surface area contributed by atoms with E-state index in [1.807, 2.05) is 0 Å². The highest BCUT2D eigenvalue weighted by Gasteiger charge is 2.11. The Morgan fingerprint density at radius 3 is 1.54 bits per heavy atom. The van der Waals surface area contributed by atoms with Crippen molar-refractivity contribution in [1.29, 1.82) is 0 Å². The van der Waals surface area contributed by atoms with Crippen LogP contribution in [-0.2, 0) is 19.1 Å². The van der Waals surface area contributed by atoms with Crippen LogP contribution >= 0.6 is 0 Å². The third-order valence-electron chi connectivity index (χ3n) is 2.24. The first kappa shape index (κ1) is 16.5. The summed E-state index contributed by atoms with van der Waals surface area (Å²) in [6, 6.07) is 0. The van der Waals surface area contributed by atoms with Gasteiger partial charge in [-0.25, -0.2) is 9.59 Å². The van der Waals surface area contributed by atoms with Gasteiger partial charge in [-0.15, -0.1) is 10.2 Å². The van der Waals surface area contributed by atoms with Crippen molar-refractivity contribution >= 4 is 23.8 Å². The Morgan fingerprint density at radius 2 is 1.21 bits per heavy atom. The SMILES string of the molecule is O=C(/C=C/C(=O)OCC(=O)n1cnnn1)OCC(=O)n1cnnn1. The third-order valence-corrected chi connectivity index (χ3v) is 2.24. The monoisotopic (exact) mass is 336 g/mol. The van der Waals surface area contributed by atoms with Gasteiger partial charge in [0.15, 0.2) is 13.2 Å². The molecule has 0 amide bonds. The topological polar surface area (TPSA) is 174 Å². The van der Waals surface area contributed by atoms with E-state index >= 15 is 0 Å². The molecular weight excluding hydrogens is 328 g/mol. The molecule has 0 bridgehead atoms. The molecule has 2 rings (SSSR count). The molecule has 24 heavy (non-hydrogen) atoms. The number of tetrazole rings is 2. The Hall–Kier alpha value is -3.84. The first-order valence-electron chi connectivity index (χ1n) is 6.10. The summed E-state index contributed by atoms with van der Waals surface area (Å²) in [6.07, 6.45) is 3.53. The predicted molar refractivity (Wildman–Crippen MR) is 67.9 cm³/mol. The van der Waals surface area contributed by atoms with E-state index < -0.39 is 37.0 Å². The third kappa shape index (κ3) is 4.86. The van der Waals surface area contributed by atoms with Gasteiger partial charge in [0.2, 0.25) is 0 Å². The van der Waals surface area contributed by atoms with Crippen LogP contribution in [0, 0.1) is 0 Å². The van der Waals surface area contributed by atoms with Crippen LogP contribution in [0.4, 0.5) is 0 Å². The molecule has 2 aromatic rings. The first-order chi connectivity index (χ1) is 11.6. The maximum Gasteiger partial charge on any atom is 0.331 e. The summed E-state index contributed by atoms with van der Waals surface area (Å²) in [4.78, 5) is 45.5. The molecule has 2 aromatic heterocycles. The highest BCUT2D eigenvalue weighted by atomic mass is 16.5. The van der Waals surface area contributed by atoms with Gasteiger partial charge in [-0.3, -0.25) is 9.59 Å². The Kier molecular flexibility index (Phi) is 5.49. The quantitative estimate of drug-likeness (QED) is 0.303. The molecule has 0 aromatic carbocycles. The zero-order valence-corrected chi connectivity index (χ0v) is 11.8. The summed E-state index contributed by atoms with van der Waals surface area (Å²) in [6.45, 7) is -1.25. The van der Waals surface area contributed by atoms with Crippen LogP contribution in [0.15, 0.2) is 24.8 Å². The minimum atomic E-state index is -0.972. The van der Waals surface area contributed by atoms with Gasteiger partial charge >= 0.3 is 11.9 Å². The highest BCUT2D eigenvalue weighted by Crippen LogP contribution is 1.89. The van der Waals surface area contributed by atoms with E-state index in [0.29, 0.717) is 0 Å². The second kappa shape index (κ2) is 7.97. The summed E-state index contributed by atoms with van der Waals surface area (Å²) < 4.78 is 10.7. The molecule has 0 spiro atoms. The predicted octanol–water partition coefficient (Wildman–Crippen LogP) is -2.72. The number of aromatic nitrogens is 8. The Morgan fingerprint density at radius 1 is 0.792 bits per heavy atom. The molecule has 124 valence electrons. The number of esters is 2. The lowest BCUT2D eigenvalue weighted by atomic mass is 10.5. The maximum atomic E-state index is 11.4. The number of hydrogen-bond donors (Lipinski definition) is 0. The van der Waals surface area contributed by atoms with E-state index in [1.165, 1.54) is 0 Å². The summed E-state index contributed by atoms with van der Waals surface area (Å²) in [5.41, 5.74) is 0. The molecule has 0 aliphatic heterocycles. The van der Waals surface area contributed by atoms with Crippen molar-refractivity contribution < 1.29 is 28.7 Å². The highest BCUT2D eigenvalue weighted by molar-refractivity contribution is 5.93. The summed E-state index contributed by atoms with van der Waals surface area (Å²) in [5.74, 6) is -3.31. The fourth-order valence-corrected chi connectivity index (χ4v) is 1.18. The average Bonchev–Trinajstić information content (AvgIpc) is 3.28. The van der Waals surface area contributed by atoms with Gasteiger partial charge < -0.3 is 9.47 Å². The fourth-order valence-electron chi connectivity index (χ4n) is 1.18. The standard InChI is InChI=1S/C10H8N8O6/c19-7(17-5-11-13-15-17)3-23-9(21)1-2-10(22)24-4-8(20)18-6-12-14-16-18/h1-2,5-6H,3-4H2/b2-1+. The van der Waals surface area contributed by atoms with Crippen molar-refractivity contribution in [3.8, 4) is 0 Å². The molecule has 2 heterocycles. The smallest absolute Gasteiger partial charge is 0.331 e. The van der Waals surface area contributed by atoms with Crippen molar-refractivity contribution in [3.63, 3.8) is 0 Å². The lowest BCUT2D eigenvalue weighted by Crippen LogP contribution is -2.21. The van der Waals surface area contributed by atoms with Crippen LogP contribution in [0.5, 0.6) is 0 Å². The first-order valence-corrected chi connectivity index (χ1v) is 6.10. The molecule has 0 N–H and O–H groups in total. The van der Waals surface area contributed by atoms with Crippen molar-refractivity contribution in [2.24, 2.45) is 0 Å². The number of carbonyl (C=O) groups is 4. The number of rotatable bonds is 6. The minimum absolute atomic E-state index is 0.624. The number of hydrogen-bond acceptors (Lipinski definition) is 12. The lowest BCUT2D eigenvalue weighted by Gasteiger charge is -2.01. The molecule has 0 saturated heterocycles. The van der Waals surface area contributed by atoms with Crippen LogP contribution in [-0.4, -0.2) is 77.4 Å². The van der Waals surface area contributed by atoms with E-state index in [4.69, 9.17) is 0 Å². The number of carbonyl (C=O) groups excluding carboxylic acids is 4. The lowest BCUT2D eigenvalue weighted by molar-refractivity contribution is -0.139. The van der Waals surface area contributed by atoms with Crippen molar-refractivity contribution in [1.82, 2.24) is 40.4 Å². The molecule has 14 heteroatoms. The van der Waals surface area contributed by atoms with E-state index in [2.05, 4.69) is 40.5 Å².